The number of piperidine rings is 1. The lowest BCUT2D eigenvalue weighted by molar-refractivity contribution is -0.117. The molecule has 3 rings (SSSR count). The molecule has 0 aliphatic carbocycles. The molecule has 0 radical (unpaired) electrons. The number of benzene rings is 1. The van der Waals surface area contributed by atoms with E-state index in [0.29, 0.717) is 24.9 Å². The number of hydrogen-bond donors (Lipinski definition) is 1. The molecule has 1 amide bonds. The van der Waals surface area contributed by atoms with Crippen molar-refractivity contribution >= 4 is 27.7 Å². The number of nitrogens with one attached hydrogen (secondary N) is 1. The average molecular weight is 404 g/mol. The molecule has 1 aromatic carbocycles. The third-order valence-corrected chi connectivity index (χ3v) is 4.66. The molecule has 132 valence electrons. The molecule has 2 heterocycles. The van der Waals surface area contributed by atoms with E-state index >= 15 is 0 Å². The van der Waals surface area contributed by atoms with Crippen molar-refractivity contribution in [3.8, 4) is 5.75 Å². The molecule has 25 heavy (non-hydrogen) atoms. The van der Waals surface area contributed by atoms with Crippen LogP contribution in [0.1, 0.15) is 12.8 Å². The number of carbonyl (C=O) groups is 1. The van der Waals surface area contributed by atoms with E-state index in [1.54, 1.807) is 12.3 Å². The van der Waals surface area contributed by atoms with Crippen LogP contribution in [-0.2, 0) is 4.79 Å². The van der Waals surface area contributed by atoms with Gasteiger partial charge in [-0.2, -0.15) is 0 Å². The topological polar surface area (TPSA) is 54.5 Å². The largest absolute Gasteiger partial charge is 0.493 e. The summed E-state index contributed by atoms with van der Waals surface area (Å²) in [5.74, 6) is 1.90. The Morgan fingerprint density at radius 3 is 2.88 bits per heavy atom. The van der Waals surface area contributed by atoms with Crippen molar-refractivity contribution in [1.29, 1.82) is 0 Å². The number of aromatic nitrogens is 1. The highest BCUT2D eigenvalue weighted by atomic mass is 79.9. The van der Waals surface area contributed by atoms with E-state index in [0.717, 1.165) is 36.2 Å². The molecule has 5 nitrogen and oxygen atoms in total. The molecule has 1 unspecified atom stereocenters. The Morgan fingerprint density at radius 1 is 1.28 bits per heavy atom. The number of halogens is 1. The van der Waals surface area contributed by atoms with Crippen molar-refractivity contribution in [3.05, 3.63) is 53.1 Å². The summed E-state index contributed by atoms with van der Waals surface area (Å²) in [5, 5.41) is 2.85. The highest BCUT2D eigenvalue weighted by Gasteiger charge is 2.22. The summed E-state index contributed by atoms with van der Waals surface area (Å²) in [7, 11) is 0. The number of para-hydroxylation sites is 1. The summed E-state index contributed by atoms with van der Waals surface area (Å²) < 4.78 is 6.76. The number of pyridine rings is 1. The van der Waals surface area contributed by atoms with E-state index in [-0.39, 0.29) is 5.91 Å². The molecule has 1 fully saturated rings. The zero-order chi connectivity index (χ0) is 17.5. The first kappa shape index (κ1) is 17.9. The van der Waals surface area contributed by atoms with Crippen LogP contribution in [0.3, 0.4) is 0 Å². The molecule has 0 spiro atoms. The summed E-state index contributed by atoms with van der Waals surface area (Å²) in [4.78, 5) is 18.6. The van der Waals surface area contributed by atoms with E-state index in [1.165, 1.54) is 0 Å². The van der Waals surface area contributed by atoms with Crippen molar-refractivity contribution in [3.63, 3.8) is 0 Å². The molecular weight excluding hydrogens is 382 g/mol. The van der Waals surface area contributed by atoms with Crippen molar-refractivity contribution in [1.82, 2.24) is 9.88 Å². The summed E-state index contributed by atoms with van der Waals surface area (Å²) in [6.45, 7) is 2.91. The van der Waals surface area contributed by atoms with Crippen LogP contribution in [0.2, 0.25) is 0 Å². The number of anilines is 1. The highest BCUT2D eigenvalue weighted by molar-refractivity contribution is 9.10. The van der Waals surface area contributed by atoms with E-state index in [1.807, 2.05) is 36.4 Å². The second kappa shape index (κ2) is 8.97. The van der Waals surface area contributed by atoms with Gasteiger partial charge in [0.05, 0.1) is 13.2 Å². The van der Waals surface area contributed by atoms with E-state index in [2.05, 4.69) is 31.1 Å². The van der Waals surface area contributed by atoms with Crippen LogP contribution in [-0.4, -0.2) is 42.0 Å². The lowest BCUT2D eigenvalue weighted by Crippen LogP contribution is -2.42. The van der Waals surface area contributed by atoms with Gasteiger partial charge in [0, 0.05) is 23.1 Å². The normalized spacial score (nSPS) is 17.9. The van der Waals surface area contributed by atoms with Crippen molar-refractivity contribution < 1.29 is 9.53 Å². The van der Waals surface area contributed by atoms with Crippen LogP contribution < -0.4 is 10.1 Å². The Morgan fingerprint density at radius 2 is 2.12 bits per heavy atom. The maximum atomic E-state index is 12.2. The van der Waals surface area contributed by atoms with Gasteiger partial charge in [0.15, 0.2) is 0 Å². The van der Waals surface area contributed by atoms with Gasteiger partial charge in [-0.1, -0.05) is 18.2 Å². The van der Waals surface area contributed by atoms with Crippen LogP contribution in [0, 0.1) is 5.92 Å². The standard InChI is InChI=1S/C19H22BrN3O2/c20-16-8-9-18(21-11-16)22-19(24)13-23-10-4-5-15(12-23)14-25-17-6-2-1-3-7-17/h1-3,6-9,11,15H,4-5,10,12-14H2,(H,21,22,24). The number of nitrogens with zero attached hydrogens (tertiary/aromatic N) is 2. The van der Waals surface area contributed by atoms with Crippen molar-refractivity contribution in [2.45, 2.75) is 12.8 Å². The molecular formula is C19H22BrN3O2. The molecule has 2 aromatic rings. The number of hydrogen-bond acceptors (Lipinski definition) is 4. The van der Waals surface area contributed by atoms with Gasteiger partial charge in [-0.3, -0.25) is 9.69 Å². The first-order chi connectivity index (χ1) is 12.2. The van der Waals surface area contributed by atoms with Crippen LogP contribution in [0.25, 0.3) is 0 Å². The Kier molecular flexibility index (Phi) is 6.42. The van der Waals surface area contributed by atoms with Gasteiger partial charge in [0.25, 0.3) is 0 Å². The molecule has 1 aromatic heterocycles. The molecule has 1 aliphatic heterocycles. The van der Waals surface area contributed by atoms with Crippen molar-refractivity contribution in [2.24, 2.45) is 5.92 Å². The van der Waals surface area contributed by atoms with Gasteiger partial charge in [-0.05, 0) is 59.6 Å². The first-order valence-corrected chi connectivity index (χ1v) is 9.30. The van der Waals surface area contributed by atoms with E-state index in [9.17, 15) is 4.79 Å². The minimum absolute atomic E-state index is 0.0283. The zero-order valence-electron chi connectivity index (χ0n) is 14.0. The Labute approximate surface area is 156 Å². The van der Waals surface area contributed by atoms with Crippen LogP contribution in [0.5, 0.6) is 5.75 Å². The Bertz CT molecular complexity index is 679. The van der Waals surface area contributed by atoms with E-state index < -0.39 is 0 Å². The van der Waals surface area contributed by atoms with Crippen LogP contribution in [0.4, 0.5) is 5.82 Å². The van der Waals surface area contributed by atoms with Gasteiger partial charge >= 0.3 is 0 Å². The summed E-state index contributed by atoms with van der Waals surface area (Å²) in [6, 6.07) is 13.5. The molecule has 0 saturated carbocycles. The fraction of sp³-hybridized carbons (Fsp3) is 0.368. The number of rotatable bonds is 6. The smallest absolute Gasteiger partial charge is 0.239 e. The minimum Gasteiger partial charge on any atom is -0.493 e. The summed E-state index contributed by atoms with van der Waals surface area (Å²) in [6.07, 6.45) is 3.90. The monoisotopic (exact) mass is 403 g/mol. The quantitative estimate of drug-likeness (QED) is 0.800. The lowest BCUT2D eigenvalue weighted by atomic mass is 9.99. The summed E-state index contributed by atoms with van der Waals surface area (Å²) >= 11 is 3.33. The zero-order valence-corrected chi connectivity index (χ0v) is 15.6. The molecule has 1 N–H and O–H groups in total. The lowest BCUT2D eigenvalue weighted by Gasteiger charge is -2.32. The van der Waals surface area contributed by atoms with Crippen LogP contribution >= 0.6 is 15.9 Å². The number of ether oxygens (including phenoxy) is 1. The highest BCUT2D eigenvalue weighted by Crippen LogP contribution is 2.19. The third-order valence-electron chi connectivity index (χ3n) is 4.19. The predicted molar refractivity (Wildman–Crippen MR) is 102 cm³/mol. The number of amides is 1. The Balaban J connectivity index is 1.44. The SMILES string of the molecule is O=C(CN1CCCC(COc2ccccc2)C1)Nc1ccc(Br)cn1. The summed E-state index contributed by atoms with van der Waals surface area (Å²) in [5.41, 5.74) is 0. The maximum Gasteiger partial charge on any atom is 0.239 e. The second-order valence-corrected chi connectivity index (χ2v) is 7.19. The molecule has 0 bridgehead atoms. The maximum absolute atomic E-state index is 12.2. The van der Waals surface area contributed by atoms with Gasteiger partial charge in [0.1, 0.15) is 11.6 Å². The average Bonchev–Trinajstić information content (AvgIpc) is 2.63. The predicted octanol–water partition coefficient (Wildman–Crippen LogP) is 3.57. The van der Waals surface area contributed by atoms with Crippen LogP contribution in [0.15, 0.2) is 53.1 Å². The minimum atomic E-state index is -0.0283. The third kappa shape index (κ3) is 5.83. The second-order valence-electron chi connectivity index (χ2n) is 6.28. The molecule has 6 heteroatoms. The molecule has 1 saturated heterocycles. The van der Waals surface area contributed by atoms with Gasteiger partial charge in [-0.25, -0.2) is 4.98 Å². The Hall–Kier alpha value is -1.92. The fourth-order valence-corrected chi connectivity index (χ4v) is 3.23. The van der Waals surface area contributed by atoms with Gasteiger partial charge in [-0.15, -0.1) is 0 Å². The van der Waals surface area contributed by atoms with Gasteiger partial charge < -0.3 is 10.1 Å². The van der Waals surface area contributed by atoms with E-state index in [4.69, 9.17) is 4.74 Å². The van der Waals surface area contributed by atoms with Crippen molar-refractivity contribution in [2.75, 3.05) is 31.6 Å². The number of carbonyl (C=O) groups excluding carboxylic acids is 1. The fourth-order valence-electron chi connectivity index (χ4n) is 3.00. The number of likely N-dealkylation sites (tertiary alicyclic amines) is 1. The molecule has 1 atom stereocenters. The first-order valence-electron chi connectivity index (χ1n) is 8.50. The van der Waals surface area contributed by atoms with Gasteiger partial charge in [0.2, 0.25) is 5.91 Å². The molecule has 1 aliphatic rings.